The third kappa shape index (κ3) is 1.78. The van der Waals surface area contributed by atoms with E-state index in [1.807, 2.05) is 27.7 Å². The molecule has 1 aromatic heterocycles. The fraction of sp³-hybridized carbons (Fsp3) is 0.538. The normalized spacial score (nSPS) is 23.4. The number of ether oxygens (including phenoxy) is 1. The Morgan fingerprint density at radius 2 is 1.84 bits per heavy atom. The number of rotatable bonds is 1. The summed E-state index contributed by atoms with van der Waals surface area (Å²) in [6.45, 7) is 8.16. The zero-order valence-electron chi connectivity index (χ0n) is 11.5. The van der Waals surface area contributed by atoms with Crippen molar-refractivity contribution < 1.29 is 18.8 Å². The van der Waals surface area contributed by atoms with Crippen LogP contribution in [0.5, 0.6) is 0 Å². The van der Waals surface area contributed by atoms with Gasteiger partial charge >= 0.3 is 13.1 Å². The Hall–Kier alpha value is -1.40. The molecule has 0 atom stereocenters. The first-order chi connectivity index (χ1) is 8.82. The average Bonchev–Trinajstić information content (AvgIpc) is 2.78. The van der Waals surface area contributed by atoms with E-state index < -0.39 is 18.3 Å². The van der Waals surface area contributed by atoms with Crippen molar-refractivity contribution in [3.05, 3.63) is 23.4 Å². The average molecular weight is 261 g/mol. The number of esters is 1. The van der Waals surface area contributed by atoms with E-state index in [2.05, 4.69) is 4.98 Å². The molecule has 3 heterocycles. The van der Waals surface area contributed by atoms with E-state index in [1.54, 1.807) is 12.3 Å². The summed E-state index contributed by atoms with van der Waals surface area (Å²) in [7, 11) is -0.634. The molecule has 0 amide bonds. The maximum Gasteiger partial charge on any atom is 0.515 e. The predicted octanol–water partition coefficient (Wildman–Crippen LogP) is 1.05. The Bertz CT molecular complexity index is 540. The number of carbonyl (C=O) groups excluding carboxylic acids is 1. The SMILES string of the molecule is CC1(C)OB(c2nccc3c2C(=O)OC3)OC1(C)C. The molecule has 2 aliphatic rings. The van der Waals surface area contributed by atoms with Crippen LogP contribution in [0.1, 0.15) is 43.6 Å². The second-order valence-corrected chi connectivity index (χ2v) is 5.89. The summed E-state index contributed by atoms with van der Waals surface area (Å²) in [6.07, 6.45) is 1.65. The van der Waals surface area contributed by atoms with Gasteiger partial charge in [0.1, 0.15) is 6.61 Å². The van der Waals surface area contributed by atoms with E-state index >= 15 is 0 Å². The van der Waals surface area contributed by atoms with Crippen LogP contribution < -0.4 is 5.59 Å². The minimum absolute atomic E-state index is 0.295. The third-order valence-corrected chi connectivity index (χ3v) is 4.11. The van der Waals surface area contributed by atoms with Gasteiger partial charge in [-0.2, -0.15) is 0 Å². The van der Waals surface area contributed by atoms with Gasteiger partial charge in [-0.15, -0.1) is 0 Å². The van der Waals surface area contributed by atoms with E-state index in [0.29, 0.717) is 17.8 Å². The van der Waals surface area contributed by atoms with Crippen molar-refractivity contribution in [1.29, 1.82) is 0 Å². The van der Waals surface area contributed by atoms with Crippen molar-refractivity contribution in [3.8, 4) is 0 Å². The summed E-state index contributed by atoms with van der Waals surface area (Å²) in [4.78, 5) is 16.1. The topological polar surface area (TPSA) is 57.7 Å². The van der Waals surface area contributed by atoms with Gasteiger partial charge in [0.15, 0.2) is 0 Å². The molecule has 2 aliphatic heterocycles. The summed E-state index contributed by atoms with van der Waals surface area (Å²) < 4.78 is 16.9. The molecular weight excluding hydrogens is 245 g/mol. The molecule has 0 spiro atoms. The molecular formula is C13H16BNO4. The first-order valence-electron chi connectivity index (χ1n) is 6.32. The first kappa shape index (κ1) is 12.6. The highest BCUT2D eigenvalue weighted by molar-refractivity contribution is 6.62. The van der Waals surface area contributed by atoms with E-state index in [9.17, 15) is 4.79 Å². The largest absolute Gasteiger partial charge is 0.515 e. The maximum absolute atomic E-state index is 11.8. The molecule has 1 aromatic rings. The summed E-state index contributed by atoms with van der Waals surface area (Å²) in [5, 5.41) is 0. The quantitative estimate of drug-likeness (QED) is 0.558. The van der Waals surface area contributed by atoms with Crippen LogP contribution in [0.15, 0.2) is 12.3 Å². The number of nitrogens with zero attached hydrogens (tertiary/aromatic N) is 1. The number of hydrogen-bond acceptors (Lipinski definition) is 5. The molecule has 0 bridgehead atoms. The fourth-order valence-electron chi connectivity index (χ4n) is 2.22. The highest BCUT2D eigenvalue weighted by Gasteiger charge is 2.53. The van der Waals surface area contributed by atoms with Crippen LogP contribution in [0.3, 0.4) is 0 Å². The lowest BCUT2D eigenvalue weighted by atomic mass is 9.80. The number of hydrogen-bond donors (Lipinski definition) is 0. The zero-order valence-corrected chi connectivity index (χ0v) is 11.5. The number of cyclic esters (lactones) is 1. The molecule has 1 fully saturated rings. The molecule has 0 aliphatic carbocycles. The van der Waals surface area contributed by atoms with Crippen LogP contribution in [-0.4, -0.2) is 29.3 Å². The van der Waals surface area contributed by atoms with E-state index in [0.717, 1.165) is 5.56 Å². The lowest BCUT2D eigenvalue weighted by molar-refractivity contribution is 0.00578. The smallest absolute Gasteiger partial charge is 0.457 e. The van der Waals surface area contributed by atoms with Crippen molar-refractivity contribution >= 4 is 18.7 Å². The van der Waals surface area contributed by atoms with Crippen LogP contribution in [0.2, 0.25) is 0 Å². The number of pyridine rings is 1. The third-order valence-electron chi connectivity index (χ3n) is 4.11. The molecule has 100 valence electrons. The van der Waals surface area contributed by atoms with Gasteiger partial charge in [-0.05, 0) is 33.8 Å². The van der Waals surface area contributed by atoms with Crippen molar-refractivity contribution in [2.75, 3.05) is 0 Å². The highest BCUT2D eigenvalue weighted by atomic mass is 16.7. The second-order valence-electron chi connectivity index (χ2n) is 5.89. The molecule has 0 radical (unpaired) electrons. The van der Waals surface area contributed by atoms with Gasteiger partial charge in [0, 0.05) is 11.8 Å². The maximum atomic E-state index is 11.8. The van der Waals surface area contributed by atoms with Crippen LogP contribution >= 0.6 is 0 Å². The monoisotopic (exact) mass is 261 g/mol. The Labute approximate surface area is 112 Å². The van der Waals surface area contributed by atoms with Gasteiger partial charge in [0.25, 0.3) is 0 Å². The van der Waals surface area contributed by atoms with Gasteiger partial charge in [0.05, 0.1) is 22.4 Å². The Morgan fingerprint density at radius 3 is 2.47 bits per heavy atom. The number of aromatic nitrogens is 1. The molecule has 19 heavy (non-hydrogen) atoms. The Morgan fingerprint density at radius 1 is 1.21 bits per heavy atom. The highest BCUT2D eigenvalue weighted by Crippen LogP contribution is 2.36. The van der Waals surface area contributed by atoms with E-state index in [4.69, 9.17) is 14.0 Å². The molecule has 1 saturated heterocycles. The van der Waals surface area contributed by atoms with E-state index in [-0.39, 0.29) is 5.97 Å². The summed E-state index contributed by atoms with van der Waals surface area (Å²) in [5.41, 5.74) is 0.930. The Kier molecular flexibility index (Phi) is 2.53. The zero-order chi connectivity index (χ0) is 13.8. The van der Waals surface area contributed by atoms with E-state index in [1.165, 1.54) is 0 Å². The summed E-state index contributed by atoms with van der Waals surface area (Å²) in [6, 6.07) is 1.79. The minimum Gasteiger partial charge on any atom is -0.457 e. The lowest BCUT2D eigenvalue weighted by Crippen LogP contribution is -2.41. The Balaban J connectivity index is 2.02. The standard InChI is InChI=1S/C13H16BNO4/c1-12(2)13(3,4)19-14(18-12)10-9-8(5-6-15-10)7-17-11(9)16/h5-6H,7H2,1-4H3. The molecule has 0 N–H and O–H groups in total. The fourth-order valence-corrected chi connectivity index (χ4v) is 2.22. The van der Waals surface area contributed by atoms with Crippen LogP contribution in [0.4, 0.5) is 0 Å². The lowest BCUT2D eigenvalue weighted by Gasteiger charge is -2.32. The van der Waals surface area contributed by atoms with Crippen molar-refractivity contribution in [2.45, 2.75) is 45.5 Å². The van der Waals surface area contributed by atoms with Gasteiger partial charge in [-0.25, -0.2) is 4.79 Å². The van der Waals surface area contributed by atoms with Crippen molar-refractivity contribution in [2.24, 2.45) is 0 Å². The molecule has 3 rings (SSSR count). The molecule has 5 nitrogen and oxygen atoms in total. The second kappa shape index (κ2) is 3.80. The summed E-state index contributed by atoms with van der Waals surface area (Å²) >= 11 is 0. The van der Waals surface area contributed by atoms with Crippen molar-refractivity contribution in [3.63, 3.8) is 0 Å². The van der Waals surface area contributed by atoms with Gasteiger partial charge in [0.2, 0.25) is 0 Å². The van der Waals surface area contributed by atoms with Crippen molar-refractivity contribution in [1.82, 2.24) is 4.98 Å². The van der Waals surface area contributed by atoms with Gasteiger partial charge < -0.3 is 14.0 Å². The number of fused-ring (bicyclic) bond motifs is 1. The molecule has 0 aromatic carbocycles. The first-order valence-corrected chi connectivity index (χ1v) is 6.32. The van der Waals surface area contributed by atoms with Crippen LogP contribution in [-0.2, 0) is 20.7 Å². The summed E-state index contributed by atoms with van der Waals surface area (Å²) in [5.74, 6) is -0.354. The van der Waals surface area contributed by atoms with Crippen LogP contribution in [0, 0.1) is 0 Å². The van der Waals surface area contributed by atoms with Gasteiger partial charge in [-0.1, -0.05) is 0 Å². The predicted molar refractivity (Wildman–Crippen MR) is 69.1 cm³/mol. The molecule has 6 heteroatoms. The minimum atomic E-state index is -0.634. The van der Waals surface area contributed by atoms with Gasteiger partial charge in [-0.3, -0.25) is 4.98 Å². The molecule has 0 unspecified atom stereocenters. The molecule has 0 saturated carbocycles. The number of carbonyl (C=O) groups is 1. The van der Waals surface area contributed by atoms with Crippen LogP contribution in [0.25, 0.3) is 0 Å².